The smallest absolute Gasteiger partial charge is 0.288 e. The minimum absolute atomic E-state index is 0.0167. The van der Waals surface area contributed by atoms with Gasteiger partial charge in [-0.25, -0.2) is 0 Å². The van der Waals surface area contributed by atoms with Gasteiger partial charge in [0.25, 0.3) is 5.91 Å². The van der Waals surface area contributed by atoms with Crippen molar-refractivity contribution in [1.82, 2.24) is 4.90 Å². The molecule has 2 aliphatic rings. The monoisotopic (exact) mass is 307 g/mol. The Balaban J connectivity index is 1.77. The molecule has 0 bridgehead atoms. The van der Waals surface area contributed by atoms with Gasteiger partial charge in [-0.1, -0.05) is 6.07 Å². The summed E-state index contributed by atoms with van der Waals surface area (Å²) in [5.74, 6) is 0.289. The highest BCUT2D eigenvalue weighted by molar-refractivity contribution is 6.33. The van der Waals surface area contributed by atoms with Gasteiger partial charge in [0, 0.05) is 13.1 Å². The summed E-state index contributed by atoms with van der Waals surface area (Å²) in [4.78, 5) is 13.5. The van der Waals surface area contributed by atoms with Crippen LogP contribution in [0.2, 0.25) is 0 Å². The van der Waals surface area contributed by atoms with E-state index in [0.717, 1.165) is 16.9 Å². The molecule has 1 aromatic rings. The number of hydrogen-bond donors (Lipinski definition) is 1. The summed E-state index contributed by atoms with van der Waals surface area (Å²) < 4.78 is 5.40. The van der Waals surface area contributed by atoms with Crippen LogP contribution < -0.4 is 4.74 Å². The maximum atomic E-state index is 11.5. The summed E-state index contributed by atoms with van der Waals surface area (Å²) >= 11 is 6.09. The van der Waals surface area contributed by atoms with Crippen LogP contribution in [0.1, 0.15) is 11.1 Å². The molecular weight excluding hydrogens is 294 g/mol. The Labute approximate surface area is 126 Å². The van der Waals surface area contributed by atoms with Crippen LogP contribution in [0.3, 0.4) is 0 Å². The summed E-state index contributed by atoms with van der Waals surface area (Å²) in [5, 5.41) is 15.1. The molecule has 0 aliphatic carbocycles. The van der Waals surface area contributed by atoms with Gasteiger partial charge in [-0.2, -0.15) is 5.11 Å². The van der Waals surface area contributed by atoms with Crippen molar-refractivity contribution in [3.63, 3.8) is 0 Å². The van der Waals surface area contributed by atoms with Crippen LogP contribution in [0, 0.1) is 0 Å². The average molecular weight is 308 g/mol. The Hall–Kier alpha value is -1.92. The van der Waals surface area contributed by atoms with E-state index in [9.17, 15) is 4.79 Å². The van der Waals surface area contributed by atoms with E-state index in [4.69, 9.17) is 21.4 Å². The quantitative estimate of drug-likeness (QED) is 0.861. The Bertz CT molecular complexity index is 630. The van der Waals surface area contributed by atoms with Crippen molar-refractivity contribution < 1.29 is 14.6 Å². The molecule has 7 heteroatoms. The molecule has 1 aromatic carbocycles. The first kappa shape index (κ1) is 14.0. The van der Waals surface area contributed by atoms with E-state index in [1.165, 1.54) is 6.20 Å². The lowest BCUT2D eigenvalue weighted by Gasteiger charge is -2.24. The molecule has 0 aromatic heterocycles. The van der Waals surface area contributed by atoms with Gasteiger partial charge in [-0.3, -0.25) is 4.79 Å². The average Bonchev–Trinajstić information content (AvgIpc) is 2.90. The fraction of sp³-hybridized carbons (Fsp3) is 0.357. The minimum atomic E-state index is -0.776. The Morgan fingerprint density at radius 2 is 2.19 bits per heavy atom. The van der Waals surface area contributed by atoms with E-state index in [-0.39, 0.29) is 13.2 Å². The van der Waals surface area contributed by atoms with E-state index in [1.807, 2.05) is 23.1 Å². The van der Waals surface area contributed by atoms with Crippen LogP contribution in [0.15, 0.2) is 40.3 Å². The van der Waals surface area contributed by atoms with Crippen molar-refractivity contribution in [2.75, 3.05) is 13.2 Å². The lowest BCUT2D eigenvalue weighted by molar-refractivity contribution is -0.117. The maximum absolute atomic E-state index is 11.5. The topological polar surface area (TPSA) is 74.5 Å². The summed E-state index contributed by atoms with van der Waals surface area (Å²) in [5.41, 5.74) is 2.95. The third kappa shape index (κ3) is 2.77. The standard InChI is InChI=1S/C14H14ClN3O3/c15-13-12(6-16-17-14(13)20)18-7-9-1-2-11(21-4-3-19)5-10(9)8-18/h1-2,5-6,13,19H,3-4,7-8H2. The number of carbonyl (C=O) groups excluding carboxylic acids is 1. The van der Waals surface area contributed by atoms with Gasteiger partial charge in [0.1, 0.15) is 12.4 Å². The Kier molecular flexibility index (Phi) is 3.90. The lowest BCUT2D eigenvalue weighted by atomic mass is 10.1. The second-order valence-corrected chi connectivity index (χ2v) is 5.27. The van der Waals surface area contributed by atoms with Crippen LogP contribution >= 0.6 is 11.6 Å². The van der Waals surface area contributed by atoms with Crippen LogP contribution in [0.4, 0.5) is 0 Å². The molecule has 3 rings (SSSR count). The van der Waals surface area contributed by atoms with Crippen molar-refractivity contribution in [1.29, 1.82) is 0 Å². The number of hydrogen-bond acceptors (Lipinski definition) is 5. The molecule has 21 heavy (non-hydrogen) atoms. The molecule has 0 saturated heterocycles. The Morgan fingerprint density at radius 1 is 1.38 bits per heavy atom. The number of rotatable bonds is 4. The summed E-state index contributed by atoms with van der Waals surface area (Å²) in [6, 6.07) is 5.80. The van der Waals surface area contributed by atoms with Gasteiger partial charge in [-0.05, 0) is 23.3 Å². The zero-order chi connectivity index (χ0) is 14.8. The molecule has 2 aliphatic heterocycles. The second kappa shape index (κ2) is 5.83. The van der Waals surface area contributed by atoms with E-state index in [2.05, 4.69) is 10.2 Å². The van der Waals surface area contributed by atoms with Gasteiger partial charge >= 0.3 is 0 Å². The van der Waals surface area contributed by atoms with Gasteiger partial charge in [0.05, 0.1) is 18.5 Å². The minimum Gasteiger partial charge on any atom is -0.491 e. The van der Waals surface area contributed by atoms with Gasteiger partial charge < -0.3 is 14.7 Å². The SMILES string of the molecule is O=C1N=NC=C(N2Cc3ccc(OCCO)cc3C2)C1Cl. The van der Waals surface area contributed by atoms with Crippen molar-refractivity contribution in [2.45, 2.75) is 18.5 Å². The first-order valence-electron chi connectivity index (χ1n) is 6.58. The zero-order valence-corrected chi connectivity index (χ0v) is 12.0. The molecule has 2 heterocycles. The second-order valence-electron chi connectivity index (χ2n) is 4.83. The number of halogens is 1. The number of alkyl halides is 1. The van der Waals surface area contributed by atoms with Crippen LogP contribution in [-0.2, 0) is 17.9 Å². The number of azo groups is 1. The van der Waals surface area contributed by atoms with Crippen molar-refractivity contribution >= 4 is 17.5 Å². The van der Waals surface area contributed by atoms with Crippen molar-refractivity contribution in [3.05, 3.63) is 41.2 Å². The third-order valence-electron chi connectivity index (χ3n) is 3.45. The zero-order valence-electron chi connectivity index (χ0n) is 11.2. The highest BCUT2D eigenvalue weighted by Crippen LogP contribution is 2.32. The number of benzene rings is 1. The van der Waals surface area contributed by atoms with E-state index in [0.29, 0.717) is 18.8 Å². The molecule has 6 nitrogen and oxygen atoms in total. The molecule has 0 spiro atoms. The van der Waals surface area contributed by atoms with E-state index < -0.39 is 11.3 Å². The van der Waals surface area contributed by atoms with Crippen molar-refractivity contribution in [2.24, 2.45) is 10.2 Å². The predicted octanol–water partition coefficient (Wildman–Crippen LogP) is 1.81. The third-order valence-corrected chi connectivity index (χ3v) is 3.86. The fourth-order valence-corrected chi connectivity index (χ4v) is 2.67. The van der Waals surface area contributed by atoms with Gasteiger partial charge in [0.2, 0.25) is 0 Å². The number of fused-ring (bicyclic) bond motifs is 1. The molecule has 1 N–H and O–H groups in total. The largest absolute Gasteiger partial charge is 0.491 e. The number of aliphatic hydroxyl groups is 1. The predicted molar refractivity (Wildman–Crippen MR) is 75.9 cm³/mol. The summed E-state index contributed by atoms with van der Waals surface area (Å²) in [6.07, 6.45) is 1.54. The first-order valence-corrected chi connectivity index (χ1v) is 7.02. The maximum Gasteiger partial charge on any atom is 0.288 e. The van der Waals surface area contributed by atoms with Crippen LogP contribution in [-0.4, -0.2) is 34.5 Å². The summed E-state index contributed by atoms with van der Waals surface area (Å²) in [6.45, 7) is 1.57. The normalized spacial score (nSPS) is 20.5. The van der Waals surface area contributed by atoms with E-state index >= 15 is 0 Å². The molecule has 0 fully saturated rings. The highest BCUT2D eigenvalue weighted by Gasteiger charge is 2.30. The molecule has 1 atom stereocenters. The van der Waals surface area contributed by atoms with Crippen molar-refractivity contribution in [3.8, 4) is 5.75 Å². The molecular formula is C14H14ClN3O3. The summed E-state index contributed by atoms with van der Waals surface area (Å²) in [7, 11) is 0. The molecule has 1 unspecified atom stereocenters. The first-order chi connectivity index (χ1) is 10.2. The van der Waals surface area contributed by atoms with Gasteiger partial charge in [-0.15, -0.1) is 16.7 Å². The number of ether oxygens (including phenoxy) is 1. The van der Waals surface area contributed by atoms with E-state index in [1.54, 1.807) is 0 Å². The Morgan fingerprint density at radius 3 is 3.00 bits per heavy atom. The molecule has 110 valence electrons. The van der Waals surface area contributed by atoms with Crippen LogP contribution in [0.5, 0.6) is 5.75 Å². The number of amides is 1. The number of nitrogens with zero attached hydrogens (tertiary/aromatic N) is 3. The van der Waals surface area contributed by atoms with Crippen LogP contribution in [0.25, 0.3) is 0 Å². The highest BCUT2D eigenvalue weighted by atomic mass is 35.5. The number of aliphatic hydroxyl groups excluding tert-OH is 1. The fourth-order valence-electron chi connectivity index (χ4n) is 2.44. The molecule has 1 amide bonds. The molecule has 0 radical (unpaired) electrons. The lowest BCUT2D eigenvalue weighted by Crippen LogP contribution is -2.28. The molecule has 0 saturated carbocycles. The number of carbonyl (C=O) groups is 1. The van der Waals surface area contributed by atoms with Gasteiger partial charge in [0.15, 0.2) is 5.38 Å².